The van der Waals surface area contributed by atoms with E-state index >= 15 is 0 Å². The molecule has 2 N–H and O–H groups in total. The van der Waals surface area contributed by atoms with E-state index in [4.69, 9.17) is 0 Å². The minimum atomic E-state index is -0.0831. The summed E-state index contributed by atoms with van der Waals surface area (Å²) in [5.41, 5.74) is 0.686. The molecule has 2 amide bonds. The predicted molar refractivity (Wildman–Crippen MR) is 105 cm³/mol. The molecular weight excluding hydrogens is 362 g/mol. The van der Waals surface area contributed by atoms with Gasteiger partial charge < -0.3 is 10.6 Å². The molecular formula is C19H27N5O2S. The minimum Gasteiger partial charge on any atom is -0.353 e. The van der Waals surface area contributed by atoms with Crippen molar-refractivity contribution in [2.45, 2.75) is 52.6 Å². The molecule has 27 heavy (non-hydrogen) atoms. The van der Waals surface area contributed by atoms with Crippen molar-refractivity contribution in [3.05, 3.63) is 34.0 Å². The molecule has 0 bridgehead atoms. The highest BCUT2D eigenvalue weighted by Crippen LogP contribution is 2.19. The highest BCUT2D eigenvalue weighted by molar-refractivity contribution is 7.08. The van der Waals surface area contributed by atoms with Crippen LogP contribution in [0.5, 0.6) is 0 Å². The summed E-state index contributed by atoms with van der Waals surface area (Å²) < 4.78 is 1.86. The molecule has 3 heterocycles. The highest BCUT2D eigenvalue weighted by atomic mass is 32.1. The number of fused-ring (bicyclic) bond motifs is 1. The Kier molecular flexibility index (Phi) is 6.26. The number of carbonyl (C=O) groups excluding carboxylic acids is 2. The second-order valence-corrected chi connectivity index (χ2v) is 8.19. The quantitative estimate of drug-likeness (QED) is 0.760. The summed E-state index contributed by atoms with van der Waals surface area (Å²) >= 11 is 1.50. The van der Waals surface area contributed by atoms with Crippen molar-refractivity contribution >= 4 is 23.2 Å². The van der Waals surface area contributed by atoms with E-state index < -0.39 is 0 Å². The zero-order valence-corrected chi connectivity index (χ0v) is 16.9. The van der Waals surface area contributed by atoms with E-state index in [0.717, 1.165) is 24.5 Å². The van der Waals surface area contributed by atoms with E-state index in [1.807, 2.05) is 28.4 Å². The number of hydrogen-bond acceptors (Lipinski definition) is 5. The molecule has 0 spiro atoms. The first-order valence-corrected chi connectivity index (χ1v) is 10.4. The molecule has 8 heteroatoms. The molecule has 2 aromatic rings. The molecule has 1 unspecified atom stereocenters. The maximum absolute atomic E-state index is 12.8. The molecule has 0 aliphatic carbocycles. The summed E-state index contributed by atoms with van der Waals surface area (Å²) in [6, 6.07) is 1.84. The van der Waals surface area contributed by atoms with E-state index in [9.17, 15) is 9.59 Å². The number of amides is 2. The molecule has 2 aromatic heterocycles. The summed E-state index contributed by atoms with van der Waals surface area (Å²) in [4.78, 5) is 29.2. The SMILES string of the molecule is Cc1nc2n(n1)CC(C(=O)N[C@H](CCNC(=O)c1ccsc1)C(C)C)CC2. The molecule has 0 saturated heterocycles. The van der Waals surface area contributed by atoms with Gasteiger partial charge in [0.25, 0.3) is 5.91 Å². The molecule has 0 fully saturated rings. The Labute approximate surface area is 163 Å². The van der Waals surface area contributed by atoms with Gasteiger partial charge in [0.2, 0.25) is 5.91 Å². The molecule has 0 radical (unpaired) electrons. The Balaban J connectivity index is 1.50. The average molecular weight is 390 g/mol. The molecule has 1 aliphatic heterocycles. The Morgan fingerprint density at radius 2 is 2.22 bits per heavy atom. The Morgan fingerprint density at radius 3 is 2.93 bits per heavy atom. The van der Waals surface area contributed by atoms with E-state index in [1.165, 1.54) is 11.3 Å². The summed E-state index contributed by atoms with van der Waals surface area (Å²) in [6.07, 6.45) is 2.28. The fourth-order valence-electron chi connectivity index (χ4n) is 3.36. The van der Waals surface area contributed by atoms with Crippen LogP contribution in [0.15, 0.2) is 16.8 Å². The first-order chi connectivity index (χ1) is 12.9. The maximum Gasteiger partial charge on any atom is 0.252 e. The number of aromatic nitrogens is 3. The van der Waals surface area contributed by atoms with Crippen LogP contribution in [-0.4, -0.2) is 39.2 Å². The van der Waals surface area contributed by atoms with E-state index in [-0.39, 0.29) is 23.8 Å². The first kappa shape index (κ1) is 19.5. The minimum absolute atomic E-state index is 0.0270. The number of nitrogens with one attached hydrogen (secondary N) is 2. The van der Waals surface area contributed by atoms with Crippen molar-refractivity contribution in [2.24, 2.45) is 11.8 Å². The lowest BCUT2D eigenvalue weighted by molar-refractivity contribution is -0.127. The van der Waals surface area contributed by atoms with Crippen LogP contribution >= 0.6 is 11.3 Å². The molecule has 0 aromatic carbocycles. The largest absolute Gasteiger partial charge is 0.353 e. The zero-order valence-electron chi connectivity index (χ0n) is 16.1. The van der Waals surface area contributed by atoms with Gasteiger partial charge in [0.05, 0.1) is 12.5 Å². The molecule has 2 atom stereocenters. The van der Waals surface area contributed by atoms with Gasteiger partial charge in [-0.15, -0.1) is 0 Å². The smallest absolute Gasteiger partial charge is 0.252 e. The van der Waals surface area contributed by atoms with Crippen LogP contribution in [0.4, 0.5) is 0 Å². The normalized spacial score (nSPS) is 17.4. The lowest BCUT2D eigenvalue weighted by Gasteiger charge is -2.27. The molecule has 7 nitrogen and oxygen atoms in total. The third-order valence-electron chi connectivity index (χ3n) is 4.99. The second-order valence-electron chi connectivity index (χ2n) is 7.41. The Morgan fingerprint density at radius 1 is 1.41 bits per heavy atom. The van der Waals surface area contributed by atoms with Gasteiger partial charge in [0, 0.05) is 30.0 Å². The van der Waals surface area contributed by atoms with Crippen LogP contribution in [-0.2, 0) is 17.8 Å². The van der Waals surface area contributed by atoms with Gasteiger partial charge in [-0.2, -0.15) is 16.4 Å². The average Bonchev–Trinajstić information content (AvgIpc) is 3.28. The van der Waals surface area contributed by atoms with Crippen molar-refractivity contribution in [3.8, 4) is 0 Å². The van der Waals surface area contributed by atoms with Crippen molar-refractivity contribution in [1.82, 2.24) is 25.4 Å². The highest BCUT2D eigenvalue weighted by Gasteiger charge is 2.28. The second kappa shape index (κ2) is 8.65. The van der Waals surface area contributed by atoms with Gasteiger partial charge in [-0.1, -0.05) is 13.8 Å². The number of carbonyl (C=O) groups is 2. The summed E-state index contributed by atoms with van der Waals surface area (Å²) in [7, 11) is 0. The fraction of sp³-hybridized carbons (Fsp3) is 0.579. The van der Waals surface area contributed by atoms with Crippen LogP contribution in [0.2, 0.25) is 0 Å². The van der Waals surface area contributed by atoms with E-state index in [0.29, 0.717) is 31.0 Å². The van der Waals surface area contributed by atoms with E-state index in [1.54, 1.807) is 0 Å². The maximum atomic E-state index is 12.8. The van der Waals surface area contributed by atoms with Gasteiger partial charge in [0.1, 0.15) is 11.6 Å². The van der Waals surface area contributed by atoms with Gasteiger partial charge >= 0.3 is 0 Å². The van der Waals surface area contributed by atoms with Crippen LogP contribution in [0.1, 0.15) is 48.7 Å². The van der Waals surface area contributed by atoms with Crippen LogP contribution in [0.25, 0.3) is 0 Å². The van der Waals surface area contributed by atoms with Gasteiger partial charge in [-0.25, -0.2) is 9.67 Å². The number of rotatable bonds is 7. The standard InChI is InChI=1S/C19H27N5O2S/c1-12(2)16(6-8-20-18(25)15-7-9-27-11-15)22-19(26)14-4-5-17-21-13(3)23-24(17)10-14/h7,9,11-12,14,16H,4-6,8,10H2,1-3H3,(H,20,25)(H,22,26)/t14?,16-/m1/s1. The third kappa shape index (κ3) is 4.94. The predicted octanol–water partition coefficient (Wildman–Crippen LogP) is 2.17. The number of aryl methyl sites for hydroxylation is 2. The van der Waals surface area contributed by atoms with Crippen LogP contribution < -0.4 is 10.6 Å². The van der Waals surface area contributed by atoms with E-state index in [2.05, 4.69) is 34.6 Å². The first-order valence-electron chi connectivity index (χ1n) is 9.45. The fourth-order valence-corrected chi connectivity index (χ4v) is 3.99. The monoisotopic (exact) mass is 389 g/mol. The number of hydrogen-bond donors (Lipinski definition) is 2. The summed E-state index contributed by atoms with van der Waals surface area (Å²) in [5.74, 6) is 1.93. The third-order valence-corrected chi connectivity index (χ3v) is 5.67. The van der Waals surface area contributed by atoms with Gasteiger partial charge in [-0.05, 0) is 37.1 Å². The van der Waals surface area contributed by atoms with Gasteiger partial charge in [0.15, 0.2) is 0 Å². The molecule has 1 aliphatic rings. The van der Waals surface area contributed by atoms with Crippen LogP contribution in [0, 0.1) is 18.8 Å². The molecule has 0 saturated carbocycles. The topological polar surface area (TPSA) is 88.9 Å². The lowest BCUT2D eigenvalue weighted by atomic mass is 9.96. The zero-order chi connectivity index (χ0) is 19.4. The molecule has 3 rings (SSSR count). The Hall–Kier alpha value is -2.22. The van der Waals surface area contributed by atoms with Crippen molar-refractivity contribution in [3.63, 3.8) is 0 Å². The van der Waals surface area contributed by atoms with Gasteiger partial charge in [-0.3, -0.25) is 9.59 Å². The number of nitrogens with zero attached hydrogens (tertiary/aromatic N) is 3. The summed E-state index contributed by atoms with van der Waals surface area (Å²) in [6.45, 7) is 7.17. The lowest BCUT2D eigenvalue weighted by Crippen LogP contribution is -2.45. The van der Waals surface area contributed by atoms with Crippen molar-refractivity contribution < 1.29 is 9.59 Å². The van der Waals surface area contributed by atoms with Crippen molar-refractivity contribution in [2.75, 3.05) is 6.54 Å². The summed E-state index contributed by atoms with van der Waals surface area (Å²) in [5, 5.41) is 14.2. The number of thiophene rings is 1. The van der Waals surface area contributed by atoms with Crippen LogP contribution in [0.3, 0.4) is 0 Å². The van der Waals surface area contributed by atoms with Crippen molar-refractivity contribution in [1.29, 1.82) is 0 Å². The Bertz CT molecular complexity index is 784. The molecule has 146 valence electrons.